The molecule has 0 radical (unpaired) electrons. The number of aromatic nitrogens is 1. The summed E-state index contributed by atoms with van der Waals surface area (Å²) in [6.07, 6.45) is 5.58. The minimum Gasteiger partial charge on any atom is -0.496 e. The highest BCUT2D eigenvalue weighted by Crippen LogP contribution is 2.37. The third kappa shape index (κ3) is 7.72. The Morgan fingerprint density at radius 1 is 0.974 bits per heavy atom. The highest BCUT2D eigenvalue weighted by atomic mass is 16.5. The van der Waals surface area contributed by atoms with E-state index in [0.29, 0.717) is 35.2 Å². The normalized spacial score (nSPS) is 14.2. The Morgan fingerprint density at radius 2 is 1.63 bits per heavy atom. The largest absolute Gasteiger partial charge is 0.496 e. The van der Waals surface area contributed by atoms with Gasteiger partial charge < -0.3 is 28.9 Å². The molecule has 1 aromatic heterocycles. The Hall–Kier alpha value is -4.05. The van der Waals surface area contributed by atoms with Crippen molar-refractivity contribution in [1.29, 1.82) is 0 Å². The second-order valence-corrected chi connectivity index (χ2v) is 8.89. The zero-order valence-electron chi connectivity index (χ0n) is 21.9. The second kappa shape index (κ2) is 14.0. The van der Waals surface area contributed by atoms with E-state index < -0.39 is 11.9 Å². The molecule has 0 amide bonds. The van der Waals surface area contributed by atoms with Crippen LogP contribution < -0.4 is 14.2 Å². The van der Waals surface area contributed by atoms with Crippen LogP contribution in [0.3, 0.4) is 0 Å². The van der Waals surface area contributed by atoms with Crippen molar-refractivity contribution in [3.63, 3.8) is 0 Å². The molecule has 10 nitrogen and oxygen atoms in total. The van der Waals surface area contributed by atoms with E-state index in [1.54, 1.807) is 21.3 Å². The first kappa shape index (κ1) is 28.5. The lowest BCUT2D eigenvalue weighted by atomic mass is 9.91. The number of likely N-dealkylation sites (tertiary alicyclic amines) is 1. The quantitative estimate of drug-likeness (QED) is 0.366. The van der Waals surface area contributed by atoms with Crippen LogP contribution in [0.1, 0.15) is 30.5 Å². The second-order valence-electron chi connectivity index (χ2n) is 8.89. The maximum absolute atomic E-state index is 9.55. The van der Waals surface area contributed by atoms with E-state index in [1.165, 1.54) is 18.4 Å². The maximum atomic E-state index is 9.55. The van der Waals surface area contributed by atoms with Crippen molar-refractivity contribution >= 4 is 22.9 Å². The Labute approximate surface area is 221 Å². The number of para-hydroxylation sites is 1. The fourth-order valence-electron chi connectivity index (χ4n) is 4.54. The van der Waals surface area contributed by atoms with Crippen molar-refractivity contribution in [2.75, 3.05) is 34.4 Å². The van der Waals surface area contributed by atoms with Crippen molar-refractivity contribution in [2.24, 2.45) is 5.92 Å². The Bertz CT molecular complexity index is 1230. The number of methoxy groups -OCH3 is 3. The van der Waals surface area contributed by atoms with Crippen LogP contribution >= 0.6 is 0 Å². The van der Waals surface area contributed by atoms with Crippen molar-refractivity contribution in [3.8, 4) is 17.2 Å². The van der Waals surface area contributed by atoms with Gasteiger partial charge in [0, 0.05) is 29.6 Å². The van der Waals surface area contributed by atoms with Crippen LogP contribution in [0.2, 0.25) is 0 Å². The third-order valence-corrected chi connectivity index (χ3v) is 6.51. The number of hydrogen-bond acceptors (Lipinski definition) is 8. The molecule has 10 heteroatoms. The molecule has 1 fully saturated rings. The van der Waals surface area contributed by atoms with Crippen LogP contribution in [0, 0.1) is 5.92 Å². The van der Waals surface area contributed by atoms with Crippen molar-refractivity contribution < 1.29 is 38.5 Å². The van der Waals surface area contributed by atoms with Gasteiger partial charge in [0.15, 0.2) is 5.75 Å². The number of fused-ring (bicyclic) bond motifs is 1. The topological polar surface area (TPSA) is 132 Å². The molecule has 0 bridgehead atoms. The molecule has 1 saturated heterocycles. The van der Waals surface area contributed by atoms with E-state index in [1.807, 2.05) is 24.3 Å². The van der Waals surface area contributed by atoms with E-state index in [-0.39, 0.29) is 0 Å². The van der Waals surface area contributed by atoms with E-state index in [9.17, 15) is 9.59 Å². The van der Waals surface area contributed by atoms with Crippen LogP contribution in [-0.4, -0.2) is 66.6 Å². The molecular formula is C28H34N2O8. The smallest absolute Gasteiger partial charge is 0.328 e. The number of carboxylic acid groups (broad SMARTS) is 2. The van der Waals surface area contributed by atoms with Gasteiger partial charge in [-0.2, -0.15) is 0 Å². The predicted octanol–water partition coefficient (Wildman–Crippen LogP) is 4.41. The van der Waals surface area contributed by atoms with Crippen LogP contribution in [-0.2, 0) is 22.6 Å². The highest BCUT2D eigenvalue weighted by Gasteiger charge is 2.22. The number of ether oxygens (including phenoxy) is 3. The molecule has 38 heavy (non-hydrogen) atoms. The molecule has 3 aromatic rings. The standard InChI is InChI=1S/C24H30N2O4.C4H4O4/c1-27-21-7-5-4-6-18(21)16-26-14-12-17(13-15-26)8-10-20-19-9-11-22(28-2)24(29-3)23(19)30-25-20;5-3(6)1-2-4(7)8/h4-7,9,11,17H,8,10,12-16H2,1-3H3;1-2H,(H,5,6)(H,7,8)/b;2-1+. The molecule has 204 valence electrons. The first-order valence-electron chi connectivity index (χ1n) is 12.3. The van der Waals surface area contributed by atoms with Gasteiger partial charge in [-0.3, -0.25) is 4.90 Å². The lowest BCUT2D eigenvalue weighted by molar-refractivity contribution is -0.134. The summed E-state index contributed by atoms with van der Waals surface area (Å²) in [6, 6.07) is 12.2. The lowest BCUT2D eigenvalue weighted by Crippen LogP contribution is -2.33. The van der Waals surface area contributed by atoms with Gasteiger partial charge >= 0.3 is 11.9 Å². The average molecular weight is 527 g/mol. The first-order valence-corrected chi connectivity index (χ1v) is 12.3. The number of benzene rings is 2. The molecule has 0 spiro atoms. The van der Waals surface area contributed by atoms with Gasteiger partial charge in [-0.05, 0) is 62.9 Å². The summed E-state index contributed by atoms with van der Waals surface area (Å²) in [5.41, 5.74) is 2.93. The Kier molecular flexibility index (Phi) is 10.5. The van der Waals surface area contributed by atoms with Gasteiger partial charge in [0.25, 0.3) is 0 Å². The lowest BCUT2D eigenvalue weighted by Gasteiger charge is -2.32. The molecule has 0 saturated carbocycles. The minimum absolute atomic E-state index is 0.558. The summed E-state index contributed by atoms with van der Waals surface area (Å²) >= 11 is 0. The zero-order chi connectivity index (χ0) is 27.5. The number of aliphatic carboxylic acids is 2. The number of piperidine rings is 1. The van der Waals surface area contributed by atoms with Gasteiger partial charge in [0.1, 0.15) is 5.75 Å². The number of aryl methyl sites for hydroxylation is 1. The van der Waals surface area contributed by atoms with Gasteiger partial charge in [-0.25, -0.2) is 9.59 Å². The fourth-order valence-corrected chi connectivity index (χ4v) is 4.54. The SMILES string of the molecule is COc1ccccc1CN1CCC(CCc2noc3c(OC)c(OC)ccc23)CC1.O=C(O)/C=C/C(=O)O. The predicted molar refractivity (Wildman–Crippen MR) is 141 cm³/mol. The number of nitrogens with zero attached hydrogens (tertiary/aromatic N) is 2. The van der Waals surface area contributed by atoms with E-state index in [4.69, 9.17) is 28.9 Å². The average Bonchev–Trinajstić information content (AvgIpc) is 3.34. The summed E-state index contributed by atoms with van der Waals surface area (Å²) in [5.74, 6) is 0.448. The molecule has 2 aromatic carbocycles. The van der Waals surface area contributed by atoms with Gasteiger partial charge in [-0.15, -0.1) is 0 Å². The van der Waals surface area contributed by atoms with Crippen LogP contribution in [0.4, 0.5) is 0 Å². The molecule has 0 unspecified atom stereocenters. The number of carboxylic acids is 2. The Morgan fingerprint density at radius 3 is 2.24 bits per heavy atom. The molecule has 2 heterocycles. The monoisotopic (exact) mass is 526 g/mol. The van der Waals surface area contributed by atoms with Crippen molar-refractivity contribution in [1.82, 2.24) is 10.1 Å². The van der Waals surface area contributed by atoms with Crippen molar-refractivity contribution in [3.05, 3.63) is 59.8 Å². The maximum Gasteiger partial charge on any atom is 0.328 e. The fraction of sp³-hybridized carbons (Fsp3) is 0.393. The zero-order valence-corrected chi connectivity index (χ0v) is 21.9. The summed E-state index contributed by atoms with van der Waals surface area (Å²) in [5, 5.41) is 21.0. The summed E-state index contributed by atoms with van der Waals surface area (Å²) < 4.78 is 21.9. The number of carbonyl (C=O) groups is 2. The van der Waals surface area contributed by atoms with E-state index in [0.717, 1.165) is 49.3 Å². The number of rotatable bonds is 10. The molecule has 1 aliphatic rings. The molecule has 0 atom stereocenters. The van der Waals surface area contributed by atoms with E-state index >= 15 is 0 Å². The first-order chi connectivity index (χ1) is 18.4. The van der Waals surface area contributed by atoms with Crippen molar-refractivity contribution in [2.45, 2.75) is 32.2 Å². The molecular weight excluding hydrogens is 492 g/mol. The summed E-state index contributed by atoms with van der Waals surface area (Å²) in [7, 11) is 4.99. The van der Waals surface area contributed by atoms with Gasteiger partial charge in [0.2, 0.25) is 11.3 Å². The molecule has 0 aliphatic carbocycles. The number of hydrogen-bond donors (Lipinski definition) is 2. The van der Waals surface area contributed by atoms with Crippen LogP contribution in [0.15, 0.2) is 53.1 Å². The highest BCUT2D eigenvalue weighted by molar-refractivity contribution is 5.89. The minimum atomic E-state index is -1.26. The van der Waals surface area contributed by atoms with Gasteiger partial charge in [-0.1, -0.05) is 23.4 Å². The molecule has 2 N–H and O–H groups in total. The van der Waals surface area contributed by atoms with Crippen LogP contribution in [0.25, 0.3) is 11.0 Å². The van der Waals surface area contributed by atoms with Gasteiger partial charge in [0.05, 0.1) is 27.0 Å². The van der Waals surface area contributed by atoms with Crippen LogP contribution in [0.5, 0.6) is 17.2 Å². The molecule has 4 rings (SSSR count). The third-order valence-electron chi connectivity index (χ3n) is 6.51. The molecule has 1 aliphatic heterocycles. The van der Waals surface area contributed by atoms with E-state index in [2.05, 4.69) is 22.2 Å². The summed E-state index contributed by atoms with van der Waals surface area (Å²) in [4.78, 5) is 21.6. The summed E-state index contributed by atoms with van der Waals surface area (Å²) in [6.45, 7) is 3.19. The Balaban J connectivity index is 0.000000436.